The molecule has 0 spiro atoms. The average Bonchev–Trinajstić information content (AvgIpc) is 3.32. The number of fused-ring (bicyclic) bond motifs is 3. The molecule has 0 saturated carbocycles. The Morgan fingerprint density at radius 1 is 1.32 bits per heavy atom. The molecule has 0 bridgehead atoms. The number of azo groups is 1. The number of aromatic amines is 1. The van der Waals surface area contributed by atoms with Crippen LogP contribution in [0.25, 0.3) is 10.9 Å². The van der Waals surface area contributed by atoms with Crippen LogP contribution in [0.3, 0.4) is 0 Å². The van der Waals surface area contributed by atoms with Crippen molar-refractivity contribution < 1.29 is 14.3 Å². The standard InChI is InChI=1S/C21H24Cl2N6O2/c1-28-25-11-16(27-28)13-8-15(22)19(23)21-18(13)14-9-17(30)24-10-12(20(14)26-21)2-3-29-4-6-31-7-5-29/h8,12H,2-7,9-11H2,1H3,(H-,24,25,26,27,30)/p+1/t12-/m1/s1. The molecule has 1 saturated heterocycles. The number of amides is 1. The molecular formula is C21H25Cl2N6O2+. The first-order valence-corrected chi connectivity index (χ1v) is 11.3. The minimum atomic E-state index is 0.0169. The van der Waals surface area contributed by atoms with E-state index in [4.69, 9.17) is 27.9 Å². The highest BCUT2D eigenvalue weighted by atomic mass is 35.5. The van der Waals surface area contributed by atoms with E-state index in [1.807, 2.05) is 6.07 Å². The van der Waals surface area contributed by atoms with Crippen molar-refractivity contribution in [2.24, 2.45) is 10.2 Å². The molecule has 10 heteroatoms. The molecule has 1 amide bonds. The summed E-state index contributed by atoms with van der Waals surface area (Å²) in [6, 6.07) is 1.85. The highest BCUT2D eigenvalue weighted by Crippen LogP contribution is 2.40. The predicted octanol–water partition coefficient (Wildman–Crippen LogP) is 2.77. The number of ether oxygens (including phenoxy) is 1. The highest BCUT2D eigenvalue weighted by molar-refractivity contribution is 6.46. The first-order valence-electron chi connectivity index (χ1n) is 10.6. The van der Waals surface area contributed by atoms with Gasteiger partial charge in [-0.2, -0.15) is 0 Å². The number of nitrogens with zero attached hydrogens (tertiary/aromatic N) is 4. The van der Waals surface area contributed by atoms with Crippen LogP contribution in [0, 0.1) is 0 Å². The van der Waals surface area contributed by atoms with Gasteiger partial charge < -0.3 is 15.0 Å². The molecule has 1 aromatic heterocycles. The van der Waals surface area contributed by atoms with E-state index in [-0.39, 0.29) is 11.8 Å². The van der Waals surface area contributed by atoms with Gasteiger partial charge in [0.15, 0.2) is 13.6 Å². The third kappa shape index (κ3) is 3.98. The second-order valence-electron chi connectivity index (χ2n) is 8.24. The van der Waals surface area contributed by atoms with Crippen molar-refractivity contribution in [3.05, 3.63) is 32.9 Å². The van der Waals surface area contributed by atoms with Crippen LogP contribution < -0.4 is 5.32 Å². The van der Waals surface area contributed by atoms with Crippen molar-refractivity contribution in [3.63, 3.8) is 0 Å². The van der Waals surface area contributed by atoms with E-state index in [9.17, 15) is 4.79 Å². The Bertz CT molecular complexity index is 1100. The summed E-state index contributed by atoms with van der Waals surface area (Å²) in [5.41, 5.74) is 4.54. The van der Waals surface area contributed by atoms with Crippen LogP contribution in [0.5, 0.6) is 0 Å². The highest BCUT2D eigenvalue weighted by Gasteiger charge is 2.31. The monoisotopic (exact) mass is 463 g/mol. The fraction of sp³-hybridized carbons (Fsp3) is 0.524. The van der Waals surface area contributed by atoms with E-state index < -0.39 is 0 Å². The lowest BCUT2D eigenvalue weighted by atomic mass is 9.94. The molecule has 164 valence electrons. The Morgan fingerprint density at radius 3 is 2.87 bits per heavy atom. The molecule has 5 rings (SSSR count). The van der Waals surface area contributed by atoms with Crippen LogP contribution >= 0.6 is 23.2 Å². The number of carbonyl (C=O) groups is 1. The minimum Gasteiger partial charge on any atom is -0.379 e. The third-order valence-electron chi connectivity index (χ3n) is 6.30. The quantitative estimate of drug-likeness (QED) is 0.683. The number of nitrogens with one attached hydrogen (secondary N) is 2. The molecule has 0 unspecified atom stereocenters. The molecule has 2 N–H and O–H groups in total. The Hall–Kier alpha value is -2.00. The van der Waals surface area contributed by atoms with Gasteiger partial charge in [-0.15, -0.1) is 0 Å². The summed E-state index contributed by atoms with van der Waals surface area (Å²) >= 11 is 13.1. The third-order valence-corrected chi connectivity index (χ3v) is 7.08. The Morgan fingerprint density at radius 2 is 2.13 bits per heavy atom. The maximum atomic E-state index is 12.6. The molecule has 0 aliphatic carbocycles. The van der Waals surface area contributed by atoms with Crippen LogP contribution in [0.4, 0.5) is 0 Å². The SMILES string of the molecule is C[N+]1=NCC(c2cc(Cl)c(Cl)c3[nH]c4c(c23)CC(=O)NC[C@H]4CCN2CCOCC2)=N1. The number of benzene rings is 1. The zero-order chi connectivity index (χ0) is 21.5. The summed E-state index contributed by atoms with van der Waals surface area (Å²) in [7, 11) is 1.80. The van der Waals surface area contributed by atoms with Crippen molar-refractivity contribution in [2.45, 2.75) is 18.8 Å². The van der Waals surface area contributed by atoms with Gasteiger partial charge in [0, 0.05) is 52.1 Å². The topological polar surface area (TPSA) is 85.1 Å². The van der Waals surface area contributed by atoms with E-state index >= 15 is 0 Å². The van der Waals surface area contributed by atoms with Gasteiger partial charge in [-0.25, -0.2) is 0 Å². The Kier molecular flexibility index (Phi) is 5.73. The van der Waals surface area contributed by atoms with Crippen molar-refractivity contribution in [3.8, 4) is 0 Å². The van der Waals surface area contributed by atoms with Gasteiger partial charge in [0.05, 0.1) is 35.2 Å². The summed E-state index contributed by atoms with van der Waals surface area (Å²) in [6.45, 7) is 5.47. The summed E-state index contributed by atoms with van der Waals surface area (Å²) < 4.78 is 5.46. The fourth-order valence-corrected chi connectivity index (χ4v) is 5.08. The molecule has 3 aliphatic rings. The van der Waals surface area contributed by atoms with E-state index in [1.54, 1.807) is 11.9 Å². The zero-order valence-corrected chi connectivity index (χ0v) is 18.9. The molecule has 3 aliphatic heterocycles. The number of hydrazone groups is 1. The summed E-state index contributed by atoms with van der Waals surface area (Å²) in [4.78, 5) is 20.1. The molecule has 0 radical (unpaired) electrons. The number of aromatic nitrogens is 1. The van der Waals surface area contributed by atoms with E-state index in [2.05, 4.69) is 25.4 Å². The number of carbonyl (C=O) groups excluding carboxylic acids is 1. The maximum Gasteiger partial charge on any atom is 0.224 e. The molecule has 2 aromatic rings. The second kappa shape index (κ2) is 8.50. The molecular weight excluding hydrogens is 439 g/mol. The Labute approximate surface area is 190 Å². The van der Waals surface area contributed by atoms with Crippen LogP contribution in [0.1, 0.15) is 29.2 Å². The number of hydrogen-bond acceptors (Lipinski definition) is 5. The summed E-state index contributed by atoms with van der Waals surface area (Å²) in [5, 5.41) is 13.8. The van der Waals surface area contributed by atoms with Crippen molar-refractivity contribution >= 4 is 45.7 Å². The number of halogens is 2. The minimum absolute atomic E-state index is 0.0169. The largest absolute Gasteiger partial charge is 0.379 e. The first kappa shape index (κ1) is 20.9. The smallest absolute Gasteiger partial charge is 0.224 e. The summed E-state index contributed by atoms with van der Waals surface area (Å²) in [5.74, 6) is 0.181. The van der Waals surface area contributed by atoms with Gasteiger partial charge in [0.2, 0.25) is 5.91 Å². The Balaban J connectivity index is 1.58. The van der Waals surface area contributed by atoms with Gasteiger partial charge in [-0.05, 0) is 29.7 Å². The molecule has 8 nitrogen and oxygen atoms in total. The summed E-state index contributed by atoms with van der Waals surface area (Å²) in [6.07, 6.45) is 1.23. The number of morpholine rings is 1. The fourth-order valence-electron chi connectivity index (χ4n) is 4.68. The van der Waals surface area contributed by atoms with Crippen LogP contribution in [-0.2, 0) is 16.0 Å². The lowest BCUT2D eigenvalue weighted by Gasteiger charge is -2.28. The predicted molar refractivity (Wildman–Crippen MR) is 120 cm³/mol. The number of rotatable bonds is 4. The molecule has 31 heavy (non-hydrogen) atoms. The van der Waals surface area contributed by atoms with Gasteiger partial charge in [-0.3, -0.25) is 9.69 Å². The van der Waals surface area contributed by atoms with Crippen molar-refractivity contribution in [1.82, 2.24) is 15.2 Å². The second-order valence-corrected chi connectivity index (χ2v) is 9.03. The first-order chi connectivity index (χ1) is 15.0. The van der Waals surface area contributed by atoms with Crippen LogP contribution in [0.15, 0.2) is 16.3 Å². The molecule has 1 aromatic carbocycles. The van der Waals surface area contributed by atoms with E-state index in [0.717, 1.165) is 72.7 Å². The molecule has 1 fully saturated rings. The van der Waals surface area contributed by atoms with Crippen LogP contribution in [0.2, 0.25) is 10.0 Å². The van der Waals surface area contributed by atoms with Crippen LogP contribution in [-0.4, -0.2) is 79.3 Å². The molecule has 1 atom stereocenters. The number of H-pyrrole nitrogens is 1. The zero-order valence-electron chi connectivity index (χ0n) is 17.4. The van der Waals surface area contributed by atoms with Gasteiger partial charge in [0.1, 0.15) is 5.71 Å². The lowest BCUT2D eigenvalue weighted by molar-refractivity contribution is -0.565. The van der Waals surface area contributed by atoms with Crippen molar-refractivity contribution in [1.29, 1.82) is 0 Å². The van der Waals surface area contributed by atoms with Gasteiger partial charge in [-0.1, -0.05) is 23.2 Å². The van der Waals surface area contributed by atoms with E-state index in [1.165, 1.54) is 0 Å². The van der Waals surface area contributed by atoms with E-state index in [0.29, 0.717) is 29.6 Å². The molecule has 4 heterocycles. The number of hydrogen-bond donors (Lipinski definition) is 2. The average molecular weight is 464 g/mol. The van der Waals surface area contributed by atoms with Gasteiger partial charge in [0.25, 0.3) is 0 Å². The van der Waals surface area contributed by atoms with Gasteiger partial charge >= 0.3 is 0 Å². The maximum absolute atomic E-state index is 12.6. The normalized spacial score (nSPS) is 22.2. The lowest BCUT2D eigenvalue weighted by Crippen LogP contribution is -2.38. The van der Waals surface area contributed by atoms with Crippen molar-refractivity contribution in [2.75, 3.05) is 53.0 Å².